The van der Waals surface area contributed by atoms with E-state index in [9.17, 15) is 4.79 Å². The number of halogens is 1. The van der Waals surface area contributed by atoms with Crippen LogP contribution >= 0.6 is 22.6 Å². The van der Waals surface area contributed by atoms with Crippen LogP contribution in [0.5, 0.6) is 0 Å². The van der Waals surface area contributed by atoms with Crippen LogP contribution in [-0.2, 0) is 9.53 Å². The summed E-state index contributed by atoms with van der Waals surface area (Å²) in [6.07, 6.45) is 0.552. The highest BCUT2D eigenvalue weighted by Crippen LogP contribution is 2.06. The second-order valence-corrected chi connectivity index (χ2v) is 3.15. The van der Waals surface area contributed by atoms with Crippen molar-refractivity contribution >= 4 is 28.6 Å². The molecule has 0 unspecified atom stereocenters. The van der Waals surface area contributed by atoms with Crippen molar-refractivity contribution < 1.29 is 9.53 Å². The van der Waals surface area contributed by atoms with E-state index in [0.717, 1.165) is 4.43 Å². The van der Waals surface area contributed by atoms with Gasteiger partial charge in [0.25, 0.3) is 0 Å². The first-order valence-electron chi connectivity index (χ1n) is 3.42. The van der Waals surface area contributed by atoms with E-state index in [-0.39, 0.29) is 5.97 Å². The summed E-state index contributed by atoms with van der Waals surface area (Å²) in [4.78, 5) is 10.8. The summed E-state index contributed by atoms with van der Waals surface area (Å²) in [5.41, 5.74) is 0. The average Bonchev–Trinajstić information content (AvgIpc) is 1.88. The van der Waals surface area contributed by atoms with Gasteiger partial charge in [-0.25, -0.2) is 0 Å². The minimum Gasteiger partial charge on any atom is -0.466 e. The molecule has 0 aromatic rings. The van der Waals surface area contributed by atoms with Crippen molar-refractivity contribution in [3.05, 3.63) is 0 Å². The van der Waals surface area contributed by atoms with E-state index in [2.05, 4.69) is 22.6 Å². The molecule has 0 rings (SSSR count). The minimum absolute atomic E-state index is 0.0772. The molecule has 0 radical (unpaired) electrons. The van der Waals surface area contributed by atoms with Crippen molar-refractivity contribution in [3.63, 3.8) is 0 Å². The van der Waals surface area contributed by atoms with Crippen LogP contribution in [0.4, 0.5) is 0 Å². The molecule has 0 aromatic carbocycles. The van der Waals surface area contributed by atoms with Gasteiger partial charge in [0.2, 0.25) is 0 Å². The van der Waals surface area contributed by atoms with Crippen molar-refractivity contribution in [3.8, 4) is 0 Å². The Balaban J connectivity index is 3.37. The second kappa shape index (κ2) is 5.95. The predicted octanol–water partition coefficient (Wildman–Crippen LogP) is 2.01. The lowest BCUT2D eigenvalue weighted by molar-refractivity contribution is -0.143. The Hall–Kier alpha value is 0.200. The number of rotatable bonds is 4. The largest absolute Gasteiger partial charge is 0.466 e. The number of ether oxygens (including phenoxy) is 1. The van der Waals surface area contributed by atoms with Gasteiger partial charge >= 0.3 is 5.97 Å². The third-order valence-corrected chi connectivity index (χ3v) is 2.59. The molecule has 1 atom stereocenters. The predicted molar refractivity (Wildman–Crippen MR) is 49.3 cm³/mol. The molecule has 0 aliphatic carbocycles. The lowest BCUT2D eigenvalue weighted by Gasteiger charge is -2.05. The number of hydrogen-bond acceptors (Lipinski definition) is 2. The first kappa shape index (κ1) is 10.2. The van der Waals surface area contributed by atoms with Crippen LogP contribution in [0.25, 0.3) is 0 Å². The third-order valence-electron chi connectivity index (χ3n) is 1.08. The quantitative estimate of drug-likeness (QED) is 0.437. The van der Waals surface area contributed by atoms with E-state index < -0.39 is 0 Å². The molecule has 0 aliphatic rings. The summed E-state index contributed by atoms with van der Waals surface area (Å²) in [6.45, 7) is 4.36. The van der Waals surface area contributed by atoms with Crippen LogP contribution in [0.3, 0.4) is 0 Å². The molecular formula is C7H13IO2. The molecule has 0 fully saturated rings. The SMILES string of the molecule is CCOC(=O)C[C@@H](C)CI. The monoisotopic (exact) mass is 256 g/mol. The Morgan fingerprint density at radius 2 is 2.30 bits per heavy atom. The topological polar surface area (TPSA) is 26.3 Å². The van der Waals surface area contributed by atoms with Crippen molar-refractivity contribution in [2.75, 3.05) is 11.0 Å². The summed E-state index contributed by atoms with van der Waals surface area (Å²) in [5.74, 6) is 0.367. The summed E-state index contributed by atoms with van der Waals surface area (Å²) in [5, 5.41) is 0. The Kier molecular flexibility index (Phi) is 6.06. The van der Waals surface area contributed by atoms with Gasteiger partial charge in [-0.1, -0.05) is 29.5 Å². The fourth-order valence-electron chi connectivity index (χ4n) is 0.559. The van der Waals surface area contributed by atoms with Crippen molar-refractivity contribution in [1.82, 2.24) is 0 Å². The zero-order chi connectivity index (χ0) is 7.98. The van der Waals surface area contributed by atoms with Gasteiger partial charge in [-0.3, -0.25) is 4.79 Å². The van der Waals surface area contributed by atoms with Crippen molar-refractivity contribution in [1.29, 1.82) is 0 Å². The van der Waals surface area contributed by atoms with Gasteiger partial charge in [-0.2, -0.15) is 0 Å². The summed E-state index contributed by atoms with van der Waals surface area (Å²) >= 11 is 2.27. The van der Waals surface area contributed by atoms with Gasteiger partial charge in [0.15, 0.2) is 0 Å². The van der Waals surface area contributed by atoms with Crippen LogP contribution < -0.4 is 0 Å². The number of carbonyl (C=O) groups is 1. The minimum atomic E-state index is -0.0772. The Morgan fingerprint density at radius 3 is 2.70 bits per heavy atom. The van der Waals surface area contributed by atoms with Gasteiger partial charge in [-0.15, -0.1) is 0 Å². The van der Waals surface area contributed by atoms with Gasteiger partial charge < -0.3 is 4.74 Å². The van der Waals surface area contributed by atoms with Crippen molar-refractivity contribution in [2.24, 2.45) is 5.92 Å². The summed E-state index contributed by atoms with van der Waals surface area (Å²) in [7, 11) is 0. The molecule has 10 heavy (non-hydrogen) atoms. The maximum atomic E-state index is 10.8. The standard InChI is InChI=1S/C7H13IO2/c1-3-10-7(9)4-6(2)5-8/h6H,3-5H2,1-2H3/t6-/m1/s1. The number of hydrogen-bond donors (Lipinski definition) is 0. The average molecular weight is 256 g/mol. The van der Waals surface area contributed by atoms with E-state index in [0.29, 0.717) is 18.9 Å². The second-order valence-electron chi connectivity index (χ2n) is 2.27. The van der Waals surface area contributed by atoms with E-state index in [1.807, 2.05) is 13.8 Å². The highest BCUT2D eigenvalue weighted by Gasteiger charge is 2.07. The Bertz CT molecular complexity index is 104. The molecule has 0 N–H and O–H groups in total. The van der Waals surface area contributed by atoms with E-state index in [4.69, 9.17) is 4.74 Å². The third kappa shape index (κ3) is 5.02. The number of esters is 1. The van der Waals surface area contributed by atoms with Crippen LogP contribution in [0.1, 0.15) is 20.3 Å². The molecular weight excluding hydrogens is 243 g/mol. The van der Waals surface area contributed by atoms with Gasteiger partial charge in [-0.05, 0) is 12.8 Å². The zero-order valence-electron chi connectivity index (χ0n) is 6.39. The number of carbonyl (C=O) groups excluding carboxylic acids is 1. The molecule has 0 heterocycles. The molecule has 0 aliphatic heterocycles. The van der Waals surface area contributed by atoms with Gasteiger partial charge in [0, 0.05) is 10.8 Å². The molecule has 0 amide bonds. The first-order chi connectivity index (χ1) is 4.70. The molecule has 60 valence electrons. The Labute approximate surface area is 75.5 Å². The van der Waals surface area contributed by atoms with Gasteiger partial charge in [0.1, 0.15) is 0 Å². The number of alkyl halides is 1. The van der Waals surface area contributed by atoms with Crippen LogP contribution in [0, 0.1) is 5.92 Å². The normalized spacial score (nSPS) is 12.7. The molecule has 3 heteroatoms. The van der Waals surface area contributed by atoms with E-state index in [1.54, 1.807) is 0 Å². The molecule has 0 saturated heterocycles. The van der Waals surface area contributed by atoms with Crippen LogP contribution in [0.2, 0.25) is 0 Å². The molecule has 2 nitrogen and oxygen atoms in total. The Morgan fingerprint density at radius 1 is 1.70 bits per heavy atom. The lowest BCUT2D eigenvalue weighted by Crippen LogP contribution is -2.09. The van der Waals surface area contributed by atoms with Crippen molar-refractivity contribution in [2.45, 2.75) is 20.3 Å². The fourth-order valence-corrected chi connectivity index (χ4v) is 0.870. The molecule has 0 bridgehead atoms. The lowest BCUT2D eigenvalue weighted by atomic mass is 10.1. The molecule has 0 aromatic heterocycles. The highest BCUT2D eigenvalue weighted by atomic mass is 127. The maximum absolute atomic E-state index is 10.8. The first-order valence-corrected chi connectivity index (χ1v) is 4.94. The molecule has 0 spiro atoms. The van der Waals surface area contributed by atoms with E-state index in [1.165, 1.54) is 0 Å². The summed E-state index contributed by atoms with van der Waals surface area (Å²) in [6, 6.07) is 0. The van der Waals surface area contributed by atoms with Crippen LogP contribution in [-0.4, -0.2) is 17.0 Å². The fraction of sp³-hybridized carbons (Fsp3) is 0.857. The summed E-state index contributed by atoms with van der Waals surface area (Å²) < 4.78 is 5.78. The maximum Gasteiger partial charge on any atom is 0.306 e. The van der Waals surface area contributed by atoms with E-state index >= 15 is 0 Å². The highest BCUT2D eigenvalue weighted by molar-refractivity contribution is 14.1. The van der Waals surface area contributed by atoms with Gasteiger partial charge in [0.05, 0.1) is 6.61 Å². The zero-order valence-corrected chi connectivity index (χ0v) is 8.55. The smallest absolute Gasteiger partial charge is 0.306 e. The molecule has 0 saturated carbocycles. The van der Waals surface area contributed by atoms with Crippen LogP contribution in [0.15, 0.2) is 0 Å².